The minimum Gasteiger partial charge on any atom is -0.380 e. The van der Waals surface area contributed by atoms with Crippen LogP contribution in [0.3, 0.4) is 0 Å². The maximum atomic E-state index is 5.61. The van der Waals surface area contributed by atoms with Crippen LogP contribution >= 0.6 is 11.3 Å². The van der Waals surface area contributed by atoms with E-state index in [1.165, 1.54) is 5.56 Å². The van der Waals surface area contributed by atoms with Crippen molar-refractivity contribution < 1.29 is 4.74 Å². The van der Waals surface area contributed by atoms with Gasteiger partial charge in [0.2, 0.25) is 0 Å². The number of aryl methyl sites for hydroxylation is 2. The van der Waals surface area contributed by atoms with E-state index >= 15 is 0 Å². The predicted octanol–water partition coefficient (Wildman–Crippen LogP) is 4.07. The second-order valence-electron chi connectivity index (χ2n) is 8.34. The zero-order chi connectivity index (χ0) is 21.7. The van der Waals surface area contributed by atoms with Crippen LogP contribution in [0.15, 0.2) is 24.7 Å². The highest BCUT2D eigenvalue weighted by molar-refractivity contribution is 7.22. The van der Waals surface area contributed by atoms with Crippen LogP contribution < -0.4 is 4.90 Å². The molecule has 0 aromatic carbocycles. The zero-order valence-corrected chi connectivity index (χ0v) is 19.3. The van der Waals surface area contributed by atoms with Gasteiger partial charge in [0.15, 0.2) is 11.6 Å². The monoisotopic (exact) mass is 437 g/mol. The summed E-state index contributed by atoms with van der Waals surface area (Å²) in [6.45, 7) is 8.17. The van der Waals surface area contributed by atoms with E-state index in [0.717, 1.165) is 51.9 Å². The standard InChI is InChI=1S/C22H27N7OS/c1-13(2)29-10-7-16(26-29)18-14(3)17-20(28-9-6-15(12-28)30-5)24-19(25-22(17)31-18)21-23-8-11-27(21)4/h7-8,10-11,13,15H,6,9,12H2,1-5H3. The summed E-state index contributed by atoms with van der Waals surface area (Å²) in [5.74, 6) is 2.38. The molecule has 0 spiro atoms. The fourth-order valence-electron chi connectivity index (χ4n) is 4.13. The summed E-state index contributed by atoms with van der Waals surface area (Å²) in [7, 11) is 3.75. The minimum atomic E-state index is 0.224. The SMILES string of the molecule is COC1CCN(c2nc(-c3nccn3C)nc3sc(-c4ccn(C(C)C)n4)c(C)c23)C1. The number of rotatable bonds is 5. The number of nitrogens with zero attached hydrogens (tertiary/aromatic N) is 7. The van der Waals surface area contributed by atoms with Crippen molar-refractivity contribution in [3.63, 3.8) is 0 Å². The lowest BCUT2D eigenvalue weighted by molar-refractivity contribution is 0.121. The Labute approximate surface area is 185 Å². The molecule has 4 aromatic rings. The lowest BCUT2D eigenvalue weighted by Crippen LogP contribution is -2.23. The Balaban J connectivity index is 1.70. The van der Waals surface area contributed by atoms with Crippen molar-refractivity contribution in [3.05, 3.63) is 30.2 Å². The minimum absolute atomic E-state index is 0.224. The van der Waals surface area contributed by atoms with Gasteiger partial charge < -0.3 is 14.2 Å². The molecule has 31 heavy (non-hydrogen) atoms. The number of aromatic nitrogens is 6. The first-order valence-corrected chi connectivity index (χ1v) is 11.4. The third kappa shape index (κ3) is 3.41. The summed E-state index contributed by atoms with van der Waals surface area (Å²) in [5.41, 5.74) is 2.16. The Kier molecular flexibility index (Phi) is 5.02. The van der Waals surface area contributed by atoms with Crippen LogP contribution in [0.25, 0.3) is 32.4 Å². The summed E-state index contributed by atoms with van der Waals surface area (Å²) < 4.78 is 9.57. The van der Waals surface area contributed by atoms with Crippen molar-refractivity contribution in [1.29, 1.82) is 0 Å². The average molecular weight is 438 g/mol. The molecule has 0 saturated carbocycles. The first-order chi connectivity index (χ1) is 15.0. The van der Waals surface area contributed by atoms with Gasteiger partial charge in [-0.25, -0.2) is 15.0 Å². The molecular weight excluding hydrogens is 410 g/mol. The van der Waals surface area contributed by atoms with Gasteiger partial charge in [-0.2, -0.15) is 5.10 Å². The molecule has 162 valence electrons. The van der Waals surface area contributed by atoms with Gasteiger partial charge in [-0.15, -0.1) is 11.3 Å². The van der Waals surface area contributed by atoms with Crippen molar-refractivity contribution in [2.24, 2.45) is 7.05 Å². The van der Waals surface area contributed by atoms with Gasteiger partial charge in [0.25, 0.3) is 0 Å². The highest BCUT2D eigenvalue weighted by Gasteiger charge is 2.28. The molecule has 8 nitrogen and oxygen atoms in total. The van der Waals surface area contributed by atoms with E-state index < -0.39 is 0 Å². The first-order valence-electron chi connectivity index (χ1n) is 10.6. The summed E-state index contributed by atoms with van der Waals surface area (Å²) in [6, 6.07) is 2.41. The highest BCUT2D eigenvalue weighted by atomic mass is 32.1. The molecule has 5 heterocycles. The largest absolute Gasteiger partial charge is 0.380 e. The quantitative estimate of drug-likeness (QED) is 0.469. The van der Waals surface area contributed by atoms with Gasteiger partial charge in [0, 0.05) is 51.9 Å². The molecule has 9 heteroatoms. The number of hydrogen-bond donors (Lipinski definition) is 0. The maximum absolute atomic E-state index is 5.61. The number of anilines is 1. The third-order valence-electron chi connectivity index (χ3n) is 5.94. The van der Waals surface area contributed by atoms with E-state index in [0.29, 0.717) is 11.9 Å². The smallest absolute Gasteiger partial charge is 0.199 e. The molecule has 5 rings (SSSR count). The van der Waals surface area contributed by atoms with Crippen molar-refractivity contribution in [2.45, 2.75) is 39.3 Å². The third-order valence-corrected chi connectivity index (χ3v) is 7.15. The Morgan fingerprint density at radius 3 is 2.71 bits per heavy atom. The van der Waals surface area contributed by atoms with E-state index in [2.05, 4.69) is 36.7 Å². The number of methoxy groups -OCH3 is 1. The summed E-state index contributed by atoms with van der Waals surface area (Å²) in [6.07, 6.45) is 6.96. The van der Waals surface area contributed by atoms with Crippen LogP contribution in [0.5, 0.6) is 0 Å². The van der Waals surface area contributed by atoms with Crippen molar-refractivity contribution in [3.8, 4) is 22.2 Å². The van der Waals surface area contributed by atoms with Crippen molar-refractivity contribution in [1.82, 2.24) is 29.3 Å². The molecule has 4 aromatic heterocycles. The number of fused-ring (bicyclic) bond motifs is 1. The van der Waals surface area contributed by atoms with Gasteiger partial charge in [0.05, 0.1) is 16.4 Å². The van der Waals surface area contributed by atoms with Gasteiger partial charge >= 0.3 is 0 Å². The number of imidazole rings is 1. The zero-order valence-electron chi connectivity index (χ0n) is 18.5. The van der Waals surface area contributed by atoms with Crippen LogP contribution in [0.1, 0.15) is 31.9 Å². The Hall–Kier alpha value is -2.78. The van der Waals surface area contributed by atoms with Crippen LogP contribution in [0.2, 0.25) is 0 Å². The number of thiophene rings is 1. The van der Waals surface area contributed by atoms with Gasteiger partial charge in [-0.1, -0.05) is 0 Å². The summed E-state index contributed by atoms with van der Waals surface area (Å²) >= 11 is 1.68. The van der Waals surface area contributed by atoms with Crippen LogP contribution in [0, 0.1) is 6.92 Å². The molecule has 0 radical (unpaired) electrons. The Morgan fingerprint density at radius 1 is 1.23 bits per heavy atom. The summed E-state index contributed by atoms with van der Waals surface area (Å²) in [5, 5.41) is 5.91. The van der Waals surface area contributed by atoms with Gasteiger partial charge in [-0.05, 0) is 38.8 Å². The summed E-state index contributed by atoms with van der Waals surface area (Å²) in [4.78, 5) is 18.9. The molecule has 0 amide bonds. The Bertz CT molecular complexity index is 1240. The molecule has 0 bridgehead atoms. The first kappa shape index (κ1) is 20.1. The van der Waals surface area contributed by atoms with E-state index in [-0.39, 0.29) is 6.10 Å². The highest BCUT2D eigenvalue weighted by Crippen LogP contribution is 2.42. The fraction of sp³-hybridized carbons (Fsp3) is 0.455. The molecule has 0 N–H and O–H groups in total. The Morgan fingerprint density at radius 2 is 2.06 bits per heavy atom. The van der Waals surface area contributed by atoms with Crippen molar-refractivity contribution in [2.75, 3.05) is 25.1 Å². The second kappa shape index (κ2) is 7.72. The molecule has 1 aliphatic rings. The topological polar surface area (TPSA) is 73.9 Å². The van der Waals surface area contributed by atoms with Crippen LogP contribution in [0.4, 0.5) is 5.82 Å². The predicted molar refractivity (Wildman–Crippen MR) is 124 cm³/mol. The van der Waals surface area contributed by atoms with E-state index in [9.17, 15) is 0 Å². The van der Waals surface area contributed by atoms with E-state index in [1.807, 2.05) is 28.7 Å². The van der Waals surface area contributed by atoms with Gasteiger partial charge in [0.1, 0.15) is 16.3 Å². The van der Waals surface area contributed by atoms with Crippen LogP contribution in [-0.4, -0.2) is 55.6 Å². The van der Waals surface area contributed by atoms with E-state index in [1.54, 1.807) is 24.6 Å². The normalized spacial score (nSPS) is 16.8. The fourth-order valence-corrected chi connectivity index (χ4v) is 5.27. The average Bonchev–Trinajstić information content (AvgIpc) is 3.53. The molecule has 1 atom stereocenters. The molecule has 0 aliphatic carbocycles. The molecule has 1 aliphatic heterocycles. The number of ether oxygens (including phenoxy) is 1. The van der Waals surface area contributed by atoms with Gasteiger partial charge in [-0.3, -0.25) is 4.68 Å². The molecule has 1 saturated heterocycles. The molecule has 1 unspecified atom stereocenters. The second-order valence-corrected chi connectivity index (χ2v) is 9.34. The van der Waals surface area contributed by atoms with Crippen LogP contribution in [-0.2, 0) is 11.8 Å². The number of hydrogen-bond acceptors (Lipinski definition) is 7. The maximum Gasteiger partial charge on any atom is 0.199 e. The molecular formula is C22H27N7OS. The lowest BCUT2D eigenvalue weighted by atomic mass is 10.1. The van der Waals surface area contributed by atoms with E-state index in [4.69, 9.17) is 19.8 Å². The lowest BCUT2D eigenvalue weighted by Gasteiger charge is -2.19. The molecule has 1 fully saturated rings. The van der Waals surface area contributed by atoms with Crippen molar-refractivity contribution >= 4 is 27.4 Å².